The zero-order valence-electron chi connectivity index (χ0n) is 15.5. The van der Waals surface area contributed by atoms with Gasteiger partial charge in [0, 0.05) is 29.2 Å². The summed E-state index contributed by atoms with van der Waals surface area (Å²) in [6.45, 7) is 6.60. The Balaban J connectivity index is 1.57. The molecule has 0 spiro atoms. The van der Waals surface area contributed by atoms with Crippen LogP contribution >= 0.6 is 11.6 Å². The molecule has 4 rings (SSSR count). The van der Waals surface area contributed by atoms with E-state index in [1.54, 1.807) is 11.0 Å². The van der Waals surface area contributed by atoms with Crippen LogP contribution in [-0.2, 0) is 4.79 Å². The number of anilines is 1. The number of carbonyl (C=O) groups excluding carboxylic acids is 1. The van der Waals surface area contributed by atoms with Crippen LogP contribution in [0.15, 0.2) is 40.9 Å². The summed E-state index contributed by atoms with van der Waals surface area (Å²) in [6, 6.07) is 11.6. The van der Waals surface area contributed by atoms with Gasteiger partial charge in [0.15, 0.2) is 0 Å². The summed E-state index contributed by atoms with van der Waals surface area (Å²) in [4.78, 5) is 18.9. The molecule has 0 aliphatic carbocycles. The third kappa shape index (κ3) is 3.35. The third-order valence-corrected chi connectivity index (χ3v) is 5.37. The van der Waals surface area contributed by atoms with Gasteiger partial charge < -0.3 is 9.42 Å². The van der Waals surface area contributed by atoms with E-state index in [9.17, 15) is 4.79 Å². The topological polar surface area (TPSA) is 59.2 Å². The smallest absolute Gasteiger partial charge is 0.232 e. The Labute approximate surface area is 163 Å². The molecule has 1 aromatic heterocycles. The predicted molar refractivity (Wildman–Crippen MR) is 105 cm³/mol. The minimum Gasteiger partial charge on any atom is -0.339 e. The van der Waals surface area contributed by atoms with E-state index >= 15 is 0 Å². The summed E-state index contributed by atoms with van der Waals surface area (Å²) < 4.78 is 5.49. The number of aromatic nitrogens is 2. The van der Waals surface area contributed by atoms with Gasteiger partial charge in [-0.1, -0.05) is 28.9 Å². The average molecular weight is 382 g/mol. The molecule has 1 aliphatic heterocycles. The van der Waals surface area contributed by atoms with Gasteiger partial charge >= 0.3 is 0 Å². The minimum absolute atomic E-state index is 0.0522. The number of nitrogens with zero attached hydrogens (tertiary/aromatic N) is 3. The molecular formula is C21H20ClN3O2. The molecule has 27 heavy (non-hydrogen) atoms. The van der Waals surface area contributed by atoms with Crippen LogP contribution in [0.3, 0.4) is 0 Å². The van der Waals surface area contributed by atoms with Crippen LogP contribution in [0.2, 0.25) is 5.02 Å². The van der Waals surface area contributed by atoms with Gasteiger partial charge in [-0.2, -0.15) is 4.98 Å². The molecule has 5 nitrogen and oxygen atoms in total. The van der Waals surface area contributed by atoms with Gasteiger partial charge in [-0.3, -0.25) is 4.79 Å². The largest absolute Gasteiger partial charge is 0.339 e. The number of hydrogen-bond donors (Lipinski definition) is 0. The first-order valence-corrected chi connectivity index (χ1v) is 9.28. The number of aryl methyl sites for hydroxylation is 3. The molecule has 1 aliphatic rings. The Kier molecular flexibility index (Phi) is 4.48. The van der Waals surface area contributed by atoms with Crippen LogP contribution in [0.4, 0.5) is 5.69 Å². The van der Waals surface area contributed by atoms with Crippen molar-refractivity contribution in [1.82, 2.24) is 10.1 Å². The summed E-state index contributed by atoms with van der Waals surface area (Å²) in [5.74, 6) is 1.00. The Morgan fingerprint density at radius 1 is 1.07 bits per heavy atom. The van der Waals surface area contributed by atoms with Crippen molar-refractivity contribution in [2.24, 2.45) is 0 Å². The van der Waals surface area contributed by atoms with Crippen molar-refractivity contribution in [3.05, 3.63) is 64.0 Å². The molecule has 2 heterocycles. The van der Waals surface area contributed by atoms with Crippen molar-refractivity contribution in [3.8, 4) is 11.4 Å². The van der Waals surface area contributed by atoms with Crippen LogP contribution in [0, 0.1) is 20.8 Å². The lowest BCUT2D eigenvalue weighted by molar-refractivity contribution is -0.117. The maximum Gasteiger partial charge on any atom is 0.232 e. The number of benzene rings is 2. The van der Waals surface area contributed by atoms with Gasteiger partial charge in [0.05, 0.1) is 5.92 Å². The molecular weight excluding hydrogens is 362 g/mol. The summed E-state index contributed by atoms with van der Waals surface area (Å²) in [7, 11) is 0. The molecule has 3 aromatic rings. The molecule has 1 atom stereocenters. The van der Waals surface area contributed by atoms with Crippen LogP contribution in [0.1, 0.15) is 34.9 Å². The molecule has 1 amide bonds. The van der Waals surface area contributed by atoms with E-state index in [4.69, 9.17) is 16.1 Å². The lowest BCUT2D eigenvalue weighted by Crippen LogP contribution is -2.25. The zero-order chi connectivity index (χ0) is 19.1. The maximum absolute atomic E-state index is 12.6. The van der Waals surface area contributed by atoms with E-state index in [0.29, 0.717) is 29.7 Å². The summed E-state index contributed by atoms with van der Waals surface area (Å²) in [5, 5.41) is 4.78. The Hall–Kier alpha value is -2.66. The van der Waals surface area contributed by atoms with Gasteiger partial charge in [0.25, 0.3) is 0 Å². The summed E-state index contributed by atoms with van der Waals surface area (Å²) in [6.07, 6.45) is 0.358. The van der Waals surface area contributed by atoms with Crippen LogP contribution in [-0.4, -0.2) is 22.6 Å². The molecule has 0 bridgehead atoms. The number of carbonyl (C=O) groups is 1. The fourth-order valence-electron chi connectivity index (χ4n) is 3.43. The SMILES string of the molecule is Cc1ccc(-c2noc(C3CC(=O)N(c4ccc(Cl)cc4C)C3)n2)cc1C. The molecule has 1 saturated heterocycles. The fraction of sp³-hybridized carbons (Fsp3) is 0.286. The second-order valence-electron chi connectivity index (χ2n) is 7.09. The monoisotopic (exact) mass is 381 g/mol. The fourth-order valence-corrected chi connectivity index (χ4v) is 3.65. The van der Waals surface area contributed by atoms with Crippen LogP contribution in [0.5, 0.6) is 0 Å². The molecule has 1 unspecified atom stereocenters. The van der Waals surface area contributed by atoms with Crippen molar-refractivity contribution in [1.29, 1.82) is 0 Å². The molecule has 0 N–H and O–H groups in total. The normalized spacial score (nSPS) is 17.0. The lowest BCUT2D eigenvalue weighted by atomic mass is 10.1. The van der Waals surface area contributed by atoms with E-state index in [0.717, 1.165) is 16.8 Å². The molecule has 1 fully saturated rings. The van der Waals surface area contributed by atoms with E-state index in [1.165, 1.54) is 11.1 Å². The second kappa shape index (κ2) is 6.82. The van der Waals surface area contributed by atoms with Gasteiger partial charge in [-0.05, 0) is 61.7 Å². The van der Waals surface area contributed by atoms with Crippen LogP contribution in [0.25, 0.3) is 11.4 Å². The molecule has 0 radical (unpaired) electrons. The van der Waals surface area contributed by atoms with E-state index in [-0.39, 0.29) is 11.8 Å². The van der Waals surface area contributed by atoms with Gasteiger partial charge in [0.1, 0.15) is 0 Å². The van der Waals surface area contributed by atoms with Crippen LogP contribution < -0.4 is 4.90 Å². The standard InChI is InChI=1S/C21H20ClN3O2/c1-12-4-5-15(8-13(12)2)20-23-21(27-24-20)16-10-19(26)25(11-16)18-7-6-17(22)9-14(18)3/h4-9,16H,10-11H2,1-3H3. The number of rotatable bonds is 3. The highest BCUT2D eigenvalue weighted by molar-refractivity contribution is 6.30. The zero-order valence-corrected chi connectivity index (χ0v) is 16.2. The van der Waals surface area contributed by atoms with Gasteiger partial charge in [0.2, 0.25) is 17.6 Å². The molecule has 2 aromatic carbocycles. The van der Waals surface area contributed by atoms with E-state index < -0.39 is 0 Å². The first-order valence-electron chi connectivity index (χ1n) is 8.90. The van der Waals surface area contributed by atoms with E-state index in [2.05, 4.69) is 24.0 Å². The Morgan fingerprint density at radius 2 is 1.89 bits per heavy atom. The molecule has 0 saturated carbocycles. The van der Waals surface area contributed by atoms with Crippen molar-refractivity contribution in [3.63, 3.8) is 0 Å². The average Bonchev–Trinajstić information content (AvgIpc) is 3.25. The first kappa shape index (κ1) is 17.7. The maximum atomic E-state index is 12.6. The second-order valence-corrected chi connectivity index (χ2v) is 7.53. The highest BCUT2D eigenvalue weighted by Crippen LogP contribution is 2.34. The number of hydrogen-bond acceptors (Lipinski definition) is 4. The Morgan fingerprint density at radius 3 is 2.63 bits per heavy atom. The summed E-state index contributed by atoms with van der Waals surface area (Å²) in [5.41, 5.74) is 5.17. The minimum atomic E-state index is -0.111. The highest BCUT2D eigenvalue weighted by atomic mass is 35.5. The number of amides is 1. The number of halogens is 1. The third-order valence-electron chi connectivity index (χ3n) is 5.13. The molecule has 138 valence electrons. The van der Waals surface area contributed by atoms with Gasteiger partial charge in [-0.15, -0.1) is 0 Å². The molecule has 6 heteroatoms. The highest BCUT2D eigenvalue weighted by Gasteiger charge is 2.35. The Bertz CT molecular complexity index is 1030. The summed E-state index contributed by atoms with van der Waals surface area (Å²) >= 11 is 6.03. The first-order chi connectivity index (χ1) is 12.9. The van der Waals surface area contributed by atoms with Crippen molar-refractivity contribution < 1.29 is 9.32 Å². The van der Waals surface area contributed by atoms with Crippen molar-refractivity contribution >= 4 is 23.2 Å². The predicted octanol–water partition coefficient (Wildman–Crippen LogP) is 4.84. The quantitative estimate of drug-likeness (QED) is 0.651. The van der Waals surface area contributed by atoms with Crippen molar-refractivity contribution in [2.75, 3.05) is 11.4 Å². The van der Waals surface area contributed by atoms with Gasteiger partial charge in [-0.25, -0.2) is 0 Å². The lowest BCUT2D eigenvalue weighted by Gasteiger charge is -2.18. The van der Waals surface area contributed by atoms with Crippen molar-refractivity contribution in [2.45, 2.75) is 33.1 Å². The van der Waals surface area contributed by atoms with E-state index in [1.807, 2.05) is 37.3 Å².